The summed E-state index contributed by atoms with van der Waals surface area (Å²) in [5, 5.41) is 0. The number of benzene rings is 2. The average molecular weight is 416 g/mol. The van der Waals surface area contributed by atoms with E-state index in [1.165, 1.54) is 48.5 Å². The van der Waals surface area contributed by atoms with Gasteiger partial charge in [0.15, 0.2) is 11.9 Å². The number of guanidine groups is 4. The number of sulfone groups is 1. The maximum absolute atomic E-state index is 12.8. The topological polar surface area (TPSA) is 240 Å². The Morgan fingerprint density at radius 3 is 1.17 bits per heavy atom. The molecule has 0 saturated carbocycles. The minimum absolute atomic E-state index is 0.0631. The first-order valence-corrected chi connectivity index (χ1v) is 9.39. The van der Waals surface area contributed by atoms with Crippen molar-refractivity contribution in [3.05, 3.63) is 48.5 Å². The normalized spacial score (nSPS) is 12.3. The van der Waals surface area contributed by atoms with Crippen LogP contribution in [0, 0.1) is 0 Å². The Bertz CT molecular complexity index is 1010. The van der Waals surface area contributed by atoms with E-state index in [2.05, 4.69) is 20.0 Å². The van der Waals surface area contributed by atoms with Crippen molar-refractivity contribution in [3.8, 4) is 0 Å². The predicted molar refractivity (Wildman–Crippen MR) is 113 cm³/mol. The van der Waals surface area contributed by atoms with Gasteiger partial charge in [0.25, 0.3) is 0 Å². The summed E-state index contributed by atoms with van der Waals surface area (Å²) < 4.78 is 25.5. The van der Waals surface area contributed by atoms with Crippen molar-refractivity contribution < 1.29 is 8.42 Å². The number of hydrogen-bond donors (Lipinski definition) is 6. The van der Waals surface area contributed by atoms with Gasteiger partial charge >= 0.3 is 0 Å². The van der Waals surface area contributed by atoms with Crippen LogP contribution in [0.2, 0.25) is 0 Å². The molecule has 2 rings (SSSR count). The quantitative estimate of drug-likeness (QED) is 0.265. The number of nitrogens with two attached hydrogens (primary N) is 6. The molecule has 0 unspecified atom stereocenters. The minimum Gasteiger partial charge on any atom is -0.370 e. The molecule has 0 heterocycles. The summed E-state index contributed by atoms with van der Waals surface area (Å²) in [5.74, 6) is -0.787. The van der Waals surface area contributed by atoms with Crippen molar-refractivity contribution in [1.82, 2.24) is 0 Å². The lowest BCUT2D eigenvalue weighted by molar-refractivity contribution is 0.596. The lowest BCUT2D eigenvalue weighted by Gasteiger charge is -2.06. The van der Waals surface area contributed by atoms with Gasteiger partial charge in [-0.05, 0) is 48.5 Å². The van der Waals surface area contributed by atoms with Gasteiger partial charge in [-0.2, -0.15) is 9.98 Å². The van der Waals surface area contributed by atoms with Gasteiger partial charge < -0.3 is 34.4 Å². The Labute approximate surface area is 166 Å². The van der Waals surface area contributed by atoms with Crippen molar-refractivity contribution in [2.75, 3.05) is 0 Å². The molecule has 0 aliphatic heterocycles. The molecule has 0 atom stereocenters. The molecule has 12 nitrogen and oxygen atoms in total. The first-order chi connectivity index (χ1) is 13.6. The molecule has 29 heavy (non-hydrogen) atoms. The van der Waals surface area contributed by atoms with Crippen LogP contribution < -0.4 is 34.4 Å². The molecule has 0 spiro atoms. The molecule has 0 amide bonds. The first-order valence-electron chi connectivity index (χ1n) is 7.91. The van der Waals surface area contributed by atoms with Crippen LogP contribution >= 0.6 is 0 Å². The largest absolute Gasteiger partial charge is 0.370 e. The minimum atomic E-state index is -3.76. The fourth-order valence-electron chi connectivity index (χ4n) is 2.11. The second-order valence-corrected chi connectivity index (χ2v) is 7.45. The highest BCUT2D eigenvalue weighted by molar-refractivity contribution is 7.91. The molecule has 0 aliphatic rings. The molecule has 2 aromatic rings. The number of nitrogens with zero attached hydrogens (tertiary/aromatic N) is 4. The second kappa shape index (κ2) is 8.71. The van der Waals surface area contributed by atoms with Gasteiger partial charge in [0, 0.05) is 0 Å². The van der Waals surface area contributed by atoms with E-state index >= 15 is 0 Å². The predicted octanol–water partition coefficient (Wildman–Crippen LogP) is -1.04. The Hall–Kier alpha value is -4.13. The van der Waals surface area contributed by atoms with E-state index in [1.807, 2.05) is 0 Å². The molecule has 0 aliphatic carbocycles. The van der Waals surface area contributed by atoms with E-state index in [0.29, 0.717) is 11.4 Å². The third-order valence-electron chi connectivity index (χ3n) is 3.27. The zero-order valence-corrected chi connectivity index (χ0v) is 15.9. The Morgan fingerprint density at radius 1 is 0.586 bits per heavy atom. The van der Waals surface area contributed by atoms with Crippen molar-refractivity contribution in [3.63, 3.8) is 0 Å². The van der Waals surface area contributed by atoms with Gasteiger partial charge in [-0.1, -0.05) is 0 Å². The maximum Gasteiger partial charge on any atom is 0.223 e. The fourth-order valence-corrected chi connectivity index (χ4v) is 3.38. The molecule has 0 aromatic heterocycles. The molecular weight excluding hydrogens is 396 g/mol. The summed E-state index contributed by atoms with van der Waals surface area (Å²) in [7, 11) is -3.76. The maximum atomic E-state index is 12.8. The van der Waals surface area contributed by atoms with Crippen LogP contribution in [0.1, 0.15) is 0 Å². The lowest BCUT2D eigenvalue weighted by Crippen LogP contribution is -2.26. The Kier molecular flexibility index (Phi) is 6.36. The molecule has 0 bridgehead atoms. The summed E-state index contributed by atoms with van der Waals surface area (Å²) in [4.78, 5) is 15.2. The molecule has 0 saturated heterocycles. The highest BCUT2D eigenvalue weighted by Crippen LogP contribution is 2.25. The van der Waals surface area contributed by atoms with E-state index in [9.17, 15) is 8.42 Å². The van der Waals surface area contributed by atoms with Gasteiger partial charge in [0.2, 0.25) is 21.8 Å². The average Bonchev–Trinajstić information content (AvgIpc) is 2.61. The zero-order chi connectivity index (χ0) is 21.6. The number of rotatable bonds is 4. The van der Waals surface area contributed by atoms with Crippen LogP contribution in [0.25, 0.3) is 0 Å². The van der Waals surface area contributed by atoms with E-state index < -0.39 is 9.84 Å². The smallest absolute Gasteiger partial charge is 0.223 e. The summed E-state index contributed by atoms with van der Waals surface area (Å²) in [6.07, 6.45) is 0. The summed E-state index contributed by atoms with van der Waals surface area (Å²) in [5.41, 5.74) is 32.7. The zero-order valence-electron chi connectivity index (χ0n) is 15.1. The van der Waals surface area contributed by atoms with E-state index in [1.54, 1.807) is 0 Å². The summed E-state index contributed by atoms with van der Waals surface area (Å²) >= 11 is 0. The highest BCUT2D eigenvalue weighted by Gasteiger charge is 2.17. The van der Waals surface area contributed by atoms with Gasteiger partial charge in [0.05, 0.1) is 21.2 Å². The third kappa shape index (κ3) is 5.93. The van der Waals surface area contributed by atoms with Crippen LogP contribution in [-0.4, -0.2) is 32.3 Å². The van der Waals surface area contributed by atoms with Crippen molar-refractivity contribution >= 4 is 45.1 Å². The van der Waals surface area contributed by atoms with Crippen LogP contribution in [0.3, 0.4) is 0 Å². The first kappa shape index (κ1) is 21.2. The third-order valence-corrected chi connectivity index (χ3v) is 5.05. The Balaban J connectivity index is 2.27. The van der Waals surface area contributed by atoms with Gasteiger partial charge in [-0.15, -0.1) is 0 Å². The summed E-state index contributed by atoms with van der Waals surface area (Å²) in [6, 6.07) is 11.4. The molecular formula is C16H20N10O2S. The lowest BCUT2D eigenvalue weighted by atomic mass is 10.3. The molecule has 0 fully saturated rings. The van der Waals surface area contributed by atoms with E-state index in [4.69, 9.17) is 34.4 Å². The van der Waals surface area contributed by atoms with E-state index in [0.717, 1.165) is 0 Å². The molecule has 2 aromatic carbocycles. The van der Waals surface area contributed by atoms with E-state index in [-0.39, 0.29) is 33.6 Å². The SMILES string of the molecule is NC(N)=NC(N)=Nc1ccc(S(=O)(=O)c2ccc(N=C(N)N=C(N)N)cc2)cc1. The molecule has 152 valence electrons. The van der Waals surface area contributed by atoms with Crippen LogP contribution in [0.4, 0.5) is 11.4 Å². The monoisotopic (exact) mass is 416 g/mol. The number of hydrogen-bond acceptors (Lipinski definition) is 4. The fraction of sp³-hybridized carbons (Fsp3) is 0. The van der Waals surface area contributed by atoms with Crippen LogP contribution in [0.5, 0.6) is 0 Å². The standard InChI is InChI=1S/C16H20N10O2S/c17-13(18)25-15(21)23-9-1-5-11(6-2-9)29(27,28)12-7-3-10(4-8-12)24-16(22)26-14(19)20/h1-8H,(H6,17,18,21,23,25)(H6,19,20,22,24,26). The molecule has 13 heteroatoms. The Morgan fingerprint density at radius 2 is 0.897 bits per heavy atom. The second-order valence-electron chi connectivity index (χ2n) is 5.50. The molecule has 0 radical (unpaired) electrons. The van der Waals surface area contributed by atoms with Crippen molar-refractivity contribution in [2.45, 2.75) is 9.79 Å². The summed E-state index contributed by atoms with van der Waals surface area (Å²) in [6.45, 7) is 0. The van der Waals surface area contributed by atoms with Gasteiger partial charge in [0.1, 0.15) is 0 Å². The molecule has 12 N–H and O–H groups in total. The highest BCUT2D eigenvalue weighted by atomic mass is 32.2. The number of aliphatic imine (C=N–C) groups is 4. The van der Waals surface area contributed by atoms with Gasteiger partial charge in [-0.25, -0.2) is 18.4 Å². The van der Waals surface area contributed by atoms with Crippen LogP contribution in [0.15, 0.2) is 78.3 Å². The van der Waals surface area contributed by atoms with Crippen molar-refractivity contribution in [2.24, 2.45) is 54.4 Å². The van der Waals surface area contributed by atoms with Crippen molar-refractivity contribution in [1.29, 1.82) is 0 Å². The van der Waals surface area contributed by atoms with Crippen LogP contribution in [-0.2, 0) is 9.84 Å². The van der Waals surface area contributed by atoms with Gasteiger partial charge in [-0.3, -0.25) is 0 Å².